The molecular weight excluding hydrogens is 438 g/mol. The molecule has 0 aromatic carbocycles. The number of cyclic esters (lactones) is 1. The van der Waals surface area contributed by atoms with Crippen LogP contribution in [0.3, 0.4) is 0 Å². The third-order valence-electron chi connectivity index (χ3n) is 9.12. The highest BCUT2D eigenvalue weighted by Crippen LogP contribution is 2.65. The second kappa shape index (κ2) is 7.65. The van der Waals surface area contributed by atoms with Gasteiger partial charge in [0.15, 0.2) is 0 Å². The Kier molecular flexibility index (Phi) is 5.19. The van der Waals surface area contributed by atoms with Crippen molar-refractivity contribution in [1.82, 2.24) is 4.98 Å². The van der Waals surface area contributed by atoms with Gasteiger partial charge >= 0.3 is 11.9 Å². The first-order valence-electron chi connectivity index (χ1n) is 11.8. The standard InChI is InChI=1S/C26H31NO7/c1-14-7-5-9-17-24(14,2)21(34-22(29)15-8-6-10-27-12-15)20(28)26(4,31)25(17,3)18-11-16-13-32-23(30)19(16)33-18/h6-8,10,12,17-18,20-21,28,31H,5,9,11,13H2,1-4H3/t17-,18+,20-,21-,24-,25+,26-/m0/s1. The van der Waals surface area contributed by atoms with E-state index in [0.29, 0.717) is 12.8 Å². The predicted molar refractivity (Wildman–Crippen MR) is 120 cm³/mol. The van der Waals surface area contributed by atoms with Crippen molar-refractivity contribution in [2.45, 2.75) is 70.9 Å². The summed E-state index contributed by atoms with van der Waals surface area (Å²) in [6.45, 7) is 7.67. The van der Waals surface area contributed by atoms with Crippen molar-refractivity contribution < 1.29 is 34.0 Å². The third-order valence-corrected chi connectivity index (χ3v) is 9.12. The fourth-order valence-corrected chi connectivity index (χ4v) is 6.76. The number of aromatic nitrogens is 1. The van der Waals surface area contributed by atoms with Crippen molar-refractivity contribution in [2.24, 2.45) is 16.7 Å². The van der Waals surface area contributed by atoms with E-state index < -0.39 is 46.7 Å². The van der Waals surface area contributed by atoms with Crippen LogP contribution in [0.15, 0.2) is 47.5 Å². The Labute approximate surface area is 198 Å². The summed E-state index contributed by atoms with van der Waals surface area (Å²) in [5.74, 6) is -1.05. The van der Waals surface area contributed by atoms with Crippen LogP contribution in [0.4, 0.5) is 0 Å². The number of hydrogen-bond acceptors (Lipinski definition) is 8. The molecule has 3 heterocycles. The Hall–Kier alpha value is -2.71. The number of hydrogen-bond donors (Lipinski definition) is 2. The molecule has 0 saturated heterocycles. The van der Waals surface area contributed by atoms with E-state index >= 15 is 0 Å². The van der Waals surface area contributed by atoms with Gasteiger partial charge in [-0.3, -0.25) is 4.98 Å². The summed E-state index contributed by atoms with van der Waals surface area (Å²) in [4.78, 5) is 29.1. The quantitative estimate of drug-likeness (QED) is 0.513. The molecule has 1 aromatic heterocycles. The van der Waals surface area contributed by atoms with Gasteiger partial charge < -0.3 is 24.4 Å². The zero-order valence-electron chi connectivity index (χ0n) is 19.9. The fourth-order valence-electron chi connectivity index (χ4n) is 6.76. The van der Waals surface area contributed by atoms with Gasteiger partial charge in [0, 0.05) is 35.2 Å². The van der Waals surface area contributed by atoms with Gasteiger partial charge in [0.2, 0.25) is 5.76 Å². The number of rotatable bonds is 3. The van der Waals surface area contributed by atoms with Gasteiger partial charge in [-0.25, -0.2) is 9.59 Å². The molecule has 2 N–H and O–H groups in total. The molecule has 8 heteroatoms. The number of aliphatic hydroxyl groups is 2. The lowest BCUT2D eigenvalue weighted by molar-refractivity contribution is -0.288. The predicted octanol–water partition coefficient (Wildman–Crippen LogP) is 2.70. The first-order valence-corrected chi connectivity index (χ1v) is 11.8. The molecule has 4 aliphatic rings. The summed E-state index contributed by atoms with van der Waals surface area (Å²) in [7, 11) is 0. The number of carbonyl (C=O) groups excluding carboxylic acids is 2. The van der Waals surface area contributed by atoms with Crippen molar-refractivity contribution in [3.8, 4) is 0 Å². The molecule has 1 fully saturated rings. The average molecular weight is 470 g/mol. The highest BCUT2D eigenvalue weighted by atomic mass is 16.6. The average Bonchev–Trinajstić information content (AvgIpc) is 3.40. The number of aliphatic hydroxyl groups excluding tert-OH is 1. The summed E-state index contributed by atoms with van der Waals surface area (Å²) in [5, 5.41) is 23.6. The minimum atomic E-state index is -1.68. The SMILES string of the molecule is CC1=CCC[C@H]2[C@@]1(C)[C@@H](OC(=O)c1cccnc1)[C@H](O)[C@](C)(O)[C@@]2(C)[C@H]1CC2=C(O1)C(=O)OC2. The molecule has 34 heavy (non-hydrogen) atoms. The largest absolute Gasteiger partial charge is 0.482 e. The molecule has 0 radical (unpaired) electrons. The van der Waals surface area contributed by atoms with Crippen LogP contribution >= 0.6 is 0 Å². The van der Waals surface area contributed by atoms with Gasteiger partial charge in [-0.15, -0.1) is 0 Å². The van der Waals surface area contributed by atoms with Gasteiger partial charge in [0.1, 0.15) is 30.5 Å². The lowest BCUT2D eigenvalue weighted by Gasteiger charge is -2.65. The van der Waals surface area contributed by atoms with E-state index in [9.17, 15) is 19.8 Å². The number of nitrogens with zero attached hydrogens (tertiary/aromatic N) is 1. The number of allylic oxidation sites excluding steroid dienone is 1. The fraction of sp³-hybridized carbons (Fsp3) is 0.577. The molecular formula is C26H31NO7. The van der Waals surface area contributed by atoms with Crippen LogP contribution in [0.1, 0.15) is 57.3 Å². The number of ether oxygens (including phenoxy) is 3. The van der Waals surface area contributed by atoms with E-state index in [0.717, 1.165) is 17.6 Å². The van der Waals surface area contributed by atoms with Crippen LogP contribution in [-0.4, -0.2) is 57.7 Å². The summed E-state index contributed by atoms with van der Waals surface area (Å²) in [5.41, 5.74) is -1.33. The van der Waals surface area contributed by atoms with Crippen molar-refractivity contribution in [3.05, 3.63) is 53.1 Å². The van der Waals surface area contributed by atoms with Gasteiger partial charge in [0.25, 0.3) is 0 Å². The lowest BCUT2D eigenvalue weighted by Crippen LogP contribution is -2.74. The van der Waals surface area contributed by atoms with Crippen LogP contribution in [0.2, 0.25) is 0 Å². The van der Waals surface area contributed by atoms with Gasteiger partial charge in [0.05, 0.1) is 5.56 Å². The number of carbonyl (C=O) groups is 2. The Morgan fingerprint density at radius 3 is 2.74 bits per heavy atom. The monoisotopic (exact) mass is 469 g/mol. The van der Waals surface area contributed by atoms with E-state index in [1.165, 1.54) is 6.20 Å². The van der Waals surface area contributed by atoms with E-state index in [4.69, 9.17) is 14.2 Å². The third kappa shape index (κ3) is 2.94. The van der Waals surface area contributed by atoms with Crippen LogP contribution in [-0.2, 0) is 19.0 Å². The highest BCUT2D eigenvalue weighted by molar-refractivity contribution is 5.90. The van der Waals surface area contributed by atoms with Gasteiger partial charge in [-0.2, -0.15) is 0 Å². The molecule has 8 nitrogen and oxygen atoms in total. The molecule has 182 valence electrons. The topological polar surface area (TPSA) is 115 Å². The van der Waals surface area contributed by atoms with E-state index in [-0.39, 0.29) is 23.8 Å². The second-order valence-corrected chi connectivity index (χ2v) is 10.6. The molecule has 2 aliphatic carbocycles. The molecule has 0 bridgehead atoms. The molecule has 7 atom stereocenters. The van der Waals surface area contributed by atoms with Crippen molar-refractivity contribution in [3.63, 3.8) is 0 Å². The number of fused-ring (bicyclic) bond motifs is 1. The molecule has 1 saturated carbocycles. The van der Waals surface area contributed by atoms with Crippen LogP contribution in [0.5, 0.6) is 0 Å². The normalized spacial score (nSPS) is 41.2. The molecule has 5 rings (SSSR count). The minimum absolute atomic E-state index is 0.192. The summed E-state index contributed by atoms with van der Waals surface area (Å²) >= 11 is 0. The molecule has 2 aliphatic heterocycles. The van der Waals surface area contributed by atoms with Crippen LogP contribution < -0.4 is 0 Å². The van der Waals surface area contributed by atoms with E-state index in [2.05, 4.69) is 11.1 Å². The summed E-state index contributed by atoms with van der Waals surface area (Å²) < 4.78 is 17.2. The Balaban J connectivity index is 1.56. The van der Waals surface area contributed by atoms with E-state index in [1.807, 2.05) is 20.8 Å². The van der Waals surface area contributed by atoms with Gasteiger partial charge in [-0.05, 0) is 44.7 Å². The molecule has 1 aromatic rings. The maximum absolute atomic E-state index is 13.0. The smallest absolute Gasteiger partial charge is 0.374 e. The van der Waals surface area contributed by atoms with Crippen molar-refractivity contribution in [2.75, 3.05) is 6.61 Å². The molecule has 0 unspecified atom stereocenters. The van der Waals surface area contributed by atoms with Crippen LogP contribution in [0.25, 0.3) is 0 Å². The number of pyridine rings is 1. The Morgan fingerprint density at radius 2 is 2.06 bits per heavy atom. The number of esters is 2. The minimum Gasteiger partial charge on any atom is -0.482 e. The zero-order chi connectivity index (χ0) is 24.5. The summed E-state index contributed by atoms with van der Waals surface area (Å²) in [6.07, 6.45) is 4.12. The first kappa shape index (κ1) is 23.1. The maximum atomic E-state index is 13.0. The van der Waals surface area contributed by atoms with Crippen molar-refractivity contribution in [1.29, 1.82) is 0 Å². The van der Waals surface area contributed by atoms with Gasteiger partial charge in [-0.1, -0.05) is 25.5 Å². The Bertz CT molecular complexity index is 1090. The summed E-state index contributed by atoms with van der Waals surface area (Å²) in [6, 6.07) is 3.25. The first-order chi connectivity index (χ1) is 16.0. The molecule has 0 spiro atoms. The molecule has 0 amide bonds. The zero-order valence-corrected chi connectivity index (χ0v) is 19.9. The van der Waals surface area contributed by atoms with Crippen molar-refractivity contribution >= 4 is 11.9 Å². The lowest BCUT2D eigenvalue weighted by atomic mass is 9.43. The second-order valence-electron chi connectivity index (χ2n) is 10.6. The Morgan fingerprint density at radius 1 is 1.29 bits per heavy atom. The van der Waals surface area contributed by atoms with Crippen LogP contribution in [0, 0.1) is 16.7 Å². The maximum Gasteiger partial charge on any atom is 0.374 e. The highest BCUT2D eigenvalue weighted by Gasteiger charge is 2.72. The van der Waals surface area contributed by atoms with E-state index in [1.54, 1.807) is 25.3 Å².